The fraction of sp³-hybridized carbons (Fsp3) is 0.0588. The van der Waals surface area contributed by atoms with Crippen molar-refractivity contribution < 1.29 is 4.74 Å². The summed E-state index contributed by atoms with van der Waals surface area (Å²) in [6, 6.07) is 20.1. The first-order valence-electron chi connectivity index (χ1n) is 6.47. The van der Waals surface area contributed by atoms with Crippen LogP contribution >= 0.6 is 0 Å². The number of rotatable bonds is 3. The molecule has 3 aromatic carbocycles. The van der Waals surface area contributed by atoms with Crippen LogP contribution in [0.2, 0.25) is 0 Å². The number of hydrogen-bond donors (Lipinski definition) is 2. The number of nitrogens with two attached hydrogens (primary N) is 1. The van der Waals surface area contributed by atoms with Crippen molar-refractivity contribution in [3.05, 3.63) is 60.7 Å². The van der Waals surface area contributed by atoms with Crippen molar-refractivity contribution in [3.8, 4) is 5.75 Å². The normalized spacial score (nSPS) is 10.4. The van der Waals surface area contributed by atoms with Gasteiger partial charge in [-0.05, 0) is 23.6 Å². The summed E-state index contributed by atoms with van der Waals surface area (Å²) >= 11 is 0. The van der Waals surface area contributed by atoms with Crippen molar-refractivity contribution in [3.63, 3.8) is 0 Å². The minimum Gasteiger partial charge on any atom is -0.495 e. The van der Waals surface area contributed by atoms with E-state index >= 15 is 0 Å². The maximum absolute atomic E-state index is 6.10. The van der Waals surface area contributed by atoms with E-state index in [1.807, 2.05) is 42.5 Å². The molecule has 100 valence electrons. The molecule has 0 radical (unpaired) electrons. The molecule has 0 aliphatic carbocycles. The second-order valence-corrected chi connectivity index (χ2v) is 4.57. The van der Waals surface area contributed by atoms with Gasteiger partial charge in [0.1, 0.15) is 5.75 Å². The largest absolute Gasteiger partial charge is 0.495 e. The Morgan fingerprint density at radius 3 is 2.40 bits per heavy atom. The summed E-state index contributed by atoms with van der Waals surface area (Å²) in [5.74, 6) is 0.676. The van der Waals surface area contributed by atoms with Gasteiger partial charge in [-0.25, -0.2) is 0 Å². The maximum atomic E-state index is 6.10. The van der Waals surface area contributed by atoms with Crippen LogP contribution in [0.15, 0.2) is 60.7 Å². The average molecular weight is 264 g/mol. The molecule has 0 heterocycles. The van der Waals surface area contributed by atoms with Crippen LogP contribution in [0.5, 0.6) is 5.75 Å². The number of nitrogens with one attached hydrogen (secondary N) is 1. The van der Waals surface area contributed by atoms with Gasteiger partial charge in [-0.1, -0.05) is 42.5 Å². The molecule has 3 nitrogen and oxygen atoms in total. The van der Waals surface area contributed by atoms with Crippen molar-refractivity contribution >= 4 is 27.8 Å². The van der Waals surface area contributed by atoms with Crippen LogP contribution in [-0.4, -0.2) is 7.11 Å². The van der Waals surface area contributed by atoms with Gasteiger partial charge < -0.3 is 15.8 Å². The van der Waals surface area contributed by atoms with Crippen LogP contribution in [0.3, 0.4) is 0 Å². The zero-order valence-electron chi connectivity index (χ0n) is 11.3. The lowest BCUT2D eigenvalue weighted by atomic mass is 10.1. The van der Waals surface area contributed by atoms with E-state index in [0.29, 0.717) is 11.4 Å². The highest BCUT2D eigenvalue weighted by Gasteiger charge is 2.06. The number of methoxy groups -OCH3 is 1. The van der Waals surface area contributed by atoms with Gasteiger partial charge in [-0.2, -0.15) is 0 Å². The van der Waals surface area contributed by atoms with Crippen molar-refractivity contribution in [1.29, 1.82) is 0 Å². The summed E-state index contributed by atoms with van der Waals surface area (Å²) in [7, 11) is 1.62. The first-order chi connectivity index (χ1) is 9.79. The molecule has 0 amide bonds. The highest BCUT2D eigenvalue weighted by atomic mass is 16.5. The molecule has 0 atom stereocenters. The molecule has 0 unspecified atom stereocenters. The van der Waals surface area contributed by atoms with E-state index in [1.54, 1.807) is 7.11 Å². The quantitative estimate of drug-likeness (QED) is 0.698. The molecular weight excluding hydrogens is 248 g/mol. The Labute approximate surface area is 118 Å². The molecule has 3 N–H and O–H groups in total. The van der Waals surface area contributed by atoms with Crippen LogP contribution in [0, 0.1) is 0 Å². The highest BCUT2D eigenvalue weighted by molar-refractivity contribution is 5.96. The van der Waals surface area contributed by atoms with Gasteiger partial charge in [0.25, 0.3) is 0 Å². The summed E-state index contributed by atoms with van der Waals surface area (Å²) in [5, 5.41) is 5.74. The number of benzene rings is 3. The minimum absolute atomic E-state index is 0.614. The predicted molar refractivity (Wildman–Crippen MR) is 84.6 cm³/mol. The predicted octanol–water partition coefficient (Wildman–Crippen LogP) is 4.17. The van der Waals surface area contributed by atoms with E-state index in [0.717, 1.165) is 16.8 Å². The molecule has 3 rings (SSSR count). The molecule has 0 aliphatic rings. The van der Waals surface area contributed by atoms with Crippen molar-refractivity contribution in [2.24, 2.45) is 0 Å². The summed E-state index contributed by atoms with van der Waals surface area (Å²) in [5.41, 5.74) is 8.59. The molecule has 0 saturated heterocycles. The summed E-state index contributed by atoms with van der Waals surface area (Å²) < 4.78 is 5.25. The number of fused-ring (bicyclic) bond motifs is 1. The minimum atomic E-state index is 0.614. The molecule has 0 bridgehead atoms. The number of nitrogen functional groups attached to an aromatic ring is 1. The van der Waals surface area contributed by atoms with Gasteiger partial charge in [0.15, 0.2) is 0 Å². The molecule has 3 heteroatoms. The van der Waals surface area contributed by atoms with Gasteiger partial charge in [0.05, 0.1) is 18.5 Å². The Morgan fingerprint density at radius 2 is 1.55 bits per heavy atom. The third-order valence-corrected chi connectivity index (χ3v) is 3.35. The van der Waals surface area contributed by atoms with Crippen molar-refractivity contribution in [2.75, 3.05) is 18.2 Å². The number of para-hydroxylation sites is 1. The van der Waals surface area contributed by atoms with Crippen LogP contribution in [0.1, 0.15) is 0 Å². The second kappa shape index (κ2) is 5.13. The first-order valence-corrected chi connectivity index (χ1v) is 6.47. The third kappa shape index (κ3) is 2.14. The molecule has 20 heavy (non-hydrogen) atoms. The zero-order chi connectivity index (χ0) is 13.9. The van der Waals surface area contributed by atoms with E-state index in [4.69, 9.17) is 10.5 Å². The standard InChI is InChI=1S/C17H16N2O/c1-20-16-11-5-10-15(17(16)18)19-14-9-4-7-12-6-2-3-8-13(12)14/h2-11,19H,18H2,1H3. The lowest BCUT2D eigenvalue weighted by Gasteiger charge is -2.13. The van der Waals surface area contributed by atoms with Crippen molar-refractivity contribution in [1.82, 2.24) is 0 Å². The lowest BCUT2D eigenvalue weighted by Crippen LogP contribution is -1.99. The highest BCUT2D eigenvalue weighted by Crippen LogP contribution is 2.33. The van der Waals surface area contributed by atoms with Gasteiger partial charge >= 0.3 is 0 Å². The smallest absolute Gasteiger partial charge is 0.143 e. The second-order valence-electron chi connectivity index (χ2n) is 4.57. The molecule has 0 fully saturated rings. The van der Waals surface area contributed by atoms with Crippen LogP contribution in [0.4, 0.5) is 17.1 Å². The first kappa shape index (κ1) is 12.4. The van der Waals surface area contributed by atoms with Crippen LogP contribution in [0.25, 0.3) is 10.8 Å². The van der Waals surface area contributed by atoms with Crippen molar-refractivity contribution in [2.45, 2.75) is 0 Å². The third-order valence-electron chi connectivity index (χ3n) is 3.35. The zero-order valence-corrected chi connectivity index (χ0v) is 11.3. The average Bonchev–Trinajstić information content (AvgIpc) is 2.50. The fourth-order valence-corrected chi connectivity index (χ4v) is 2.31. The Balaban J connectivity index is 2.06. The topological polar surface area (TPSA) is 47.3 Å². The fourth-order valence-electron chi connectivity index (χ4n) is 2.31. The van der Waals surface area contributed by atoms with Gasteiger partial charge in [0.2, 0.25) is 0 Å². The number of ether oxygens (including phenoxy) is 1. The Morgan fingerprint density at radius 1 is 0.850 bits per heavy atom. The lowest BCUT2D eigenvalue weighted by molar-refractivity contribution is 0.417. The Bertz CT molecular complexity index is 748. The molecule has 0 saturated carbocycles. The van der Waals surface area contributed by atoms with E-state index in [1.165, 1.54) is 5.39 Å². The molecule has 0 aliphatic heterocycles. The van der Waals surface area contributed by atoms with Crippen LogP contribution in [-0.2, 0) is 0 Å². The summed E-state index contributed by atoms with van der Waals surface area (Å²) in [6.45, 7) is 0. The molecule has 0 spiro atoms. The molecule has 0 aromatic heterocycles. The molecular formula is C17H16N2O. The van der Waals surface area contributed by atoms with E-state index < -0.39 is 0 Å². The maximum Gasteiger partial charge on any atom is 0.143 e. The molecule has 3 aromatic rings. The van der Waals surface area contributed by atoms with Crippen LogP contribution < -0.4 is 15.8 Å². The van der Waals surface area contributed by atoms with E-state index in [9.17, 15) is 0 Å². The SMILES string of the molecule is COc1cccc(Nc2cccc3ccccc23)c1N. The van der Waals surface area contributed by atoms with Gasteiger partial charge in [0, 0.05) is 11.1 Å². The Kier molecular flexibility index (Phi) is 3.17. The summed E-state index contributed by atoms with van der Waals surface area (Å²) in [6.07, 6.45) is 0. The van der Waals surface area contributed by atoms with Gasteiger partial charge in [-0.15, -0.1) is 0 Å². The monoisotopic (exact) mass is 264 g/mol. The van der Waals surface area contributed by atoms with E-state index in [-0.39, 0.29) is 0 Å². The van der Waals surface area contributed by atoms with E-state index in [2.05, 4.69) is 23.5 Å². The summed E-state index contributed by atoms with van der Waals surface area (Å²) in [4.78, 5) is 0. The Hall–Kier alpha value is -2.68. The van der Waals surface area contributed by atoms with Gasteiger partial charge in [-0.3, -0.25) is 0 Å². The number of anilines is 3. The number of hydrogen-bond acceptors (Lipinski definition) is 3.